The van der Waals surface area contributed by atoms with Crippen LogP contribution in [-0.4, -0.2) is 10.6 Å². The lowest BCUT2D eigenvalue weighted by atomic mass is 10.1. The Labute approximate surface area is 121 Å². The molecule has 0 spiro atoms. The lowest BCUT2D eigenvalue weighted by Crippen LogP contribution is -2.19. The molecule has 106 valence electrons. The van der Waals surface area contributed by atoms with Crippen molar-refractivity contribution in [3.63, 3.8) is 0 Å². The number of hydrogen-bond acceptors (Lipinski definition) is 1. The summed E-state index contributed by atoms with van der Waals surface area (Å²) < 4.78 is 2.58. The van der Waals surface area contributed by atoms with Crippen LogP contribution in [0.4, 0.5) is 0 Å². The highest BCUT2D eigenvalue weighted by atomic mass is 15.0. The lowest BCUT2D eigenvalue weighted by molar-refractivity contribution is 0.453. The van der Waals surface area contributed by atoms with Crippen molar-refractivity contribution in [2.75, 3.05) is 0 Å². The first kappa shape index (κ1) is 12.5. The molecule has 2 aliphatic carbocycles. The second kappa shape index (κ2) is 5.25. The second-order valence-corrected chi connectivity index (χ2v) is 6.61. The Morgan fingerprint density at radius 2 is 1.85 bits per heavy atom. The van der Waals surface area contributed by atoms with Crippen LogP contribution in [0.1, 0.15) is 44.2 Å². The number of fused-ring (bicyclic) bond motifs is 1. The molecule has 1 heterocycles. The van der Waals surface area contributed by atoms with Crippen LogP contribution in [0.5, 0.6) is 0 Å². The van der Waals surface area contributed by atoms with Crippen LogP contribution >= 0.6 is 0 Å². The Balaban J connectivity index is 1.63. The maximum atomic E-state index is 3.68. The van der Waals surface area contributed by atoms with Crippen LogP contribution in [-0.2, 0) is 13.1 Å². The van der Waals surface area contributed by atoms with Gasteiger partial charge in [-0.25, -0.2) is 0 Å². The molecule has 0 radical (unpaired) electrons. The maximum absolute atomic E-state index is 3.68. The quantitative estimate of drug-likeness (QED) is 0.864. The maximum Gasteiger partial charge on any atom is 0.0483 e. The molecule has 0 unspecified atom stereocenters. The van der Waals surface area contributed by atoms with E-state index in [1.165, 1.54) is 61.7 Å². The summed E-state index contributed by atoms with van der Waals surface area (Å²) in [5.74, 6) is 0.894. The molecule has 0 bridgehead atoms. The van der Waals surface area contributed by atoms with E-state index in [2.05, 4.69) is 40.2 Å². The third-order valence-corrected chi connectivity index (χ3v) is 4.96. The van der Waals surface area contributed by atoms with E-state index in [1.807, 2.05) is 0 Å². The number of aromatic nitrogens is 1. The topological polar surface area (TPSA) is 17.0 Å². The summed E-state index contributed by atoms with van der Waals surface area (Å²) in [6.07, 6.45) is 8.43. The fourth-order valence-corrected chi connectivity index (χ4v) is 3.62. The number of benzene rings is 1. The fraction of sp³-hybridized carbons (Fsp3) is 0.556. The van der Waals surface area contributed by atoms with Crippen molar-refractivity contribution >= 4 is 10.9 Å². The summed E-state index contributed by atoms with van der Waals surface area (Å²) in [4.78, 5) is 0. The van der Waals surface area contributed by atoms with Gasteiger partial charge in [0.25, 0.3) is 0 Å². The first-order chi connectivity index (χ1) is 9.90. The van der Waals surface area contributed by atoms with Crippen molar-refractivity contribution < 1.29 is 0 Å². The standard InChI is InChI=1S/C18H24N2/c1-2-6-14(5-1)13-20-17(12-19-16-9-10-16)11-15-7-3-4-8-18(15)20/h3-4,7-8,11,14,16,19H,1-2,5-6,9-10,12-13H2. The van der Waals surface area contributed by atoms with Gasteiger partial charge in [0.1, 0.15) is 0 Å². The van der Waals surface area contributed by atoms with E-state index in [1.54, 1.807) is 0 Å². The highest BCUT2D eigenvalue weighted by Crippen LogP contribution is 2.29. The van der Waals surface area contributed by atoms with Gasteiger partial charge >= 0.3 is 0 Å². The predicted octanol–water partition coefficient (Wildman–Crippen LogP) is 4.08. The van der Waals surface area contributed by atoms with Gasteiger partial charge in [-0.3, -0.25) is 0 Å². The first-order valence-electron chi connectivity index (χ1n) is 8.21. The lowest BCUT2D eigenvalue weighted by Gasteiger charge is -2.16. The molecule has 4 rings (SSSR count). The Morgan fingerprint density at radius 1 is 1.05 bits per heavy atom. The van der Waals surface area contributed by atoms with E-state index in [0.29, 0.717) is 0 Å². The van der Waals surface area contributed by atoms with Crippen LogP contribution in [0, 0.1) is 5.92 Å². The number of nitrogens with one attached hydrogen (secondary N) is 1. The minimum atomic E-state index is 0.785. The van der Waals surface area contributed by atoms with Crippen molar-refractivity contribution in [1.82, 2.24) is 9.88 Å². The average molecular weight is 268 g/mol. The van der Waals surface area contributed by atoms with Crippen molar-refractivity contribution in [2.45, 2.75) is 57.7 Å². The molecule has 0 atom stereocenters. The van der Waals surface area contributed by atoms with Gasteiger partial charge in [-0.05, 0) is 49.1 Å². The molecule has 0 amide bonds. The number of nitrogens with zero attached hydrogens (tertiary/aromatic N) is 1. The molecule has 2 saturated carbocycles. The molecular weight excluding hydrogens is 244 g/mol. The summed E-state index contributed by atoms with van der Waals surface area (Å²) in [5, 5.41) is 5.08. The molecular formula is C18H24N2. The van der Waals surface area contributed by atoms with Gasteiger partial charge in [0, 0.05) is 30.3 Å². The Kier molecular flexibility index (Phi) is 3.27. The molecule has 0 saturated heterocycles. The van der Waals surface area contributed by atoms with Gasteiger partial charge in [-0.2, -0.15) is 0 Å². The Morgan fingerprint density at radius 3 is 2.65 bits per heavy atom. The van der Waals surface area contributed by atoms with Crippen LogP contribution in [0.15, 0.2) is 30.3 Å². The van der Waals surface area contributed by atoms with E-state index < -0.39 is 0 Å². The minimum absolute atomic E-state index is 0.785. The minimum Gasteiger partial charge on any atom is -0.343 e. The molecule has 2 heteroatoms. The SMILES string of the molecule is c1ccc2c(c1)cc(CNC1CC1)n2CC1CCCC1. The number of para-hydroxylation sites is 1. The summed E-state index contributed by atoms with van der Waals surface area (Å²) >= 11 is 0. The molecule has 1 aromatic carbocycles. The molecule has 2 fully saturated rings. The third kappa shape index (κ3) is 2.49. The molecule has 2 nitrogen and oxygen atoms in total. The predicted molar refractivity (Wildman–Crippen MR) is 83.8 cm³/mol. The van der Waals surface area contributed by atoms with E-state index in [9.17, 15) is 0 Å². The molecule has 2 aromatic rings. The first-order valence-corrected chi connectivity index (χ1v) is 8.21. The average Bonchev–Trinajstić information content (AvgIpc) is 3.04. The zero-order chi connectivity index (χ0) is 13.4. The summed E-state index contributed by atoms with van der Waals surface area (Å²) in [6, 6.07) is 12.0. The van der Waals surface area contributed by atoms with E-state index in [0.717, 1.165) is 18.5 Å². The van der Waals surface area contributed by atoms with Crippen molar-refractivity contribution in [3.05, 3.63) is 36.0 Å². The zero-order valence-corrected chi connectivity index (χ0v) is 12.1. The Bertz CT molecular complexity index is 588. The Hall–Kier alpha value is -1.28. The number of hydrogen-bond donors (Lipinski definition) is 1. The van der Waals surface area contributed by atoms with Gasteiger partial charge in [0.15, 0.2) is 0 Å². The normalized spacial score (nSPS) is 20.0. The smallest absolute Gasteiger partial charge is 0.0483 e. The van der Waals surface area contributed by atoms with Gasteiger partial charge in [-0.1, -0.05) is 31.0 Å². The second-order valence-electron chi connectivity index (χ2n) is 6.61. The van der Waals surface area contributed by atoms with Crippen molar-refractivity contribution in [3.8, 4) is 0 Å². The van der Waals surface area contributed by atoms with Crippen molar-refractivity contribution in [1.29, 1.82) is 0 Å². The highest BCUT2D eigenvalue weighted by Gasteiger charge is 2.22. The van der Waals surface area contributed by atoms with Crippen LogP contribution in [0.3, 0.4) is 0 Å². The van der Waals surface area contributed by atoms with Gasteiger partial charge < -0.3 is 9.88 Å². The molecule has 1 aromatic heterocycles. The van der Waals surface area contributed by atoms with Crippen LogP contribution in [0.25, 0.3) is 10.9 Å². The van der Waals surface area contributed by atoms with Crippen molar-refractivity contribution in [2.24, 2.45) is 5.92 Å². The van der Waals surface area contributed by atoms with Gasteiger partial charge in [-0.15, -0.1) is 0 Å². The molecule has 0 aliphatic heterocycles. The van der Waals surface area contributed by atoms with Crippen LogP contribution in [0.2, 0.25) is 0 Å². The van der Waals surface area contributed by atoms with Crippen LogP contribution < -0.4 is 5.32 Å². The summed E-state index contributed by atoms with van der Waals surface area (Å²) in [6.45, 7) is 2.25. The largest absolute Gasteiger partial charge is 0.343 e. The molecule has 2 aliphatic rings. The van der Waals surface area contributed by atoms with E-state index in [-0.39, 0.29) is 0 Å². The highest BCUT2D eigenvalue weighted by molar-refractivity contribution is 5.81. The molecule has 20 heavy (non-hydrogen) atoms. The monoisotopic (exact) mass is 268 g/mol. The zero-order valence-electron chi connectivity index (χ0n) is 12.1. The van der Waals surface area contributed by atoms with E-state index in [4.69, 9.17) is 0 Å². The summed E-state index contributed by atoms with van der Waals surface area (Å²) in [5.41, 5.74) is 2.90. The molecule has 1 N–H and O–H groups in total. The third-order valence-electron chi connectivity index (χ3n) is 4.96. The summed E-state index contributed by atoms with van der Waals surface area (Å²) in [7, 11) is 0. The van der Waals surface area contributed by atoms with Gasteiger partial charge in [0.2, 0.25) is 0 Å². The van der Waals surface area contributed by atoms with E-state index >= 15 is 0 Å². The fourth-order valence-electron chi connectivity index (χ4n) is 3.62. The van der Waals surface area contributed by atoms with Gasteiger partial charge in [0.05, 0.1) is 0 Å². The number of rotatable bonds is 5.